The molecule has 1 rings (SSSR count). The number of nitrogens with two attached hydrogens (primary N) is 1. The average Bonchev–Trinajstić information content (AvgIpc) is 2.09. The van der Waals surface area contributed by atoms with Crippen LogP contribution in [0.1, 0.15) is 13.3 Å². The van der Waals surface area contributed by atoms with Crippen LogP contribution in [-0.2, 0) is 4.79 Å². The summed E-state index contributed by atoms with van der Waals surface area (Å²) in [7, 11) is 0. The van der Waals surface area contributed by atoms with Crippen LogP contribution in [0.25, 0.3) is 0 Å². The van der Waals surface area contributed by atoms with E-state index < -0.39 is 0 Å². The minimum Gasteiger partial charge on any atom is -0.370 e. The first-order valence-corrected chi connectivity index (χ1v) is 3.55. The van der Waals surface area contributed by atoms with Gasteiger partial charge in [-0.25, -0.2) is 0 Å². The molecule has 0 aliphatic heterocycles. The molecule has 60 valence electrons. The van der Waals surface area contributed by atoms with Crippen LogP contribution in [0.3, 0.4) is 0 Å². The lowest BCUT2D eigenvalue weighted by atomic mass is 10.4. The summed E-state index contributed by atoms with van der Waals surface area (Å²) in [4.78, 5) is 9.59. The van der Waals surface area contributed by atoms with Gasteiger partial charge < -0.3 is 5.73 Å². The summed E-state index contributed by atoms with van der Waals surface area (Å²) in [5, 5.41) is 0. The lowest BCUT2D eigenvalue weighted by molar-refractivity contribution is -0.117. The van der Waals surface area contributed by atoms with Crippen LogP contribution in [0.4, 0.5) is 0 Å². The molecule has 0 radical (unpaired) electrons. The minimum absolute atomic E-state index is 0.245. The highest BCUT2D eigenvalue weighted by Gasteiger charge is 1.77. The van der Waals surface area contributed by atoms with Crippen LogP contribution >= 0.6 is 0 Å². The molecule has 0 spiro atoms. The highest BCUT2D eigenvalue weighted by atomic mass is 16.1. The van der Waals surface area contributed by atoms with E-state index in [0.29, 0.717) is 6.42 Å². The molecule has 0 heterocycles. The average molecular weight is 151 g/mol. The molecule has 0 saturated carbocycles. The number of amides is 1. The summed E-state index contributed by atoms with van der Waals surface area (Å²) < 4.78 is 0. The number of hydrogen-bond donors (Lipinski definition) is 1. The summed E-state index contributed by atoms with van der Waals surface area (Å²) in [6, 6.07) is 12.0. The molecule has 2 heteroatoms. The normalized spacial score (nSPS) is 7.73. The Balaban J connectivity index is 0.000000187. The molecule has 0 aromatic heterocycles. The maximum absolute atomic E-state index is 9.59. The largest absolute Gasteiger partial charge is 0.370 e. The SMILES string of the molecule is CCC(N)=O.c1ccccc1. The Morgan fingerprint density at radius 2 is 1.27 bits per heavy atom. The molecule has 2 nitrogen and oxygen atoms in total. The molecular weight excluding hydrogens is 138 g/mol. The predicted molar refractivity (Wildman–Crippen MR) is 45.9 cm³/mol. The molecule has 0 atom stereocenters. The second-order valence-corrected chi connectivity index (χ2v) is 1.97. The van der Waals surface area contributed by atoms with Gasteiger partial charge in [-0.05, 0) is 0 Å². The van der Waals surface area contributed by atoms with Crippen molar-refractivity contribution in [1.29, 1.82) is 0 Å². The topological polar surface area (TPSA) is 43.1 Å². The Hall–Kier alpha value is -1.31. The summed E-state index contributed by atoms with van der Waals surface area (Å²) >= 11 is 0. The van der Waals surface area contributed by atoms with Crippen molar-refractivity contribution in [3.8, 4) is 0 Å². The lowest BCUT2D eigenvalue weighted by Crippen LogP contribution is -2.06. The number of carbonyl (C=O) groups excluding carboxylic acids is 1. The summed E-state index contributed by atoms with van der Waals surface area (Å²) in [5.74, 6) is -0.245. The van der Waals surface area contributed by atoms with Gasteiger partial charge in [-0.3, -0.25) is 4.79 Å². The van der Waals surface area contributed by atoms with Crippen molar-refractivity contribution in [1.82, 2.24) is 0 Å². The summed E-state index contributed by atoms with van der Waals surface area (Å²) in [5.41, 5.74) is 4.65. The number of primary amides is 1. The van der Waals surface area contributed by atoms with Gasteiger partial charge in [-0.2, -0.15) is 0 Å². The van der Waals surface area contributed by atoms with Gasteiger partial charge in [0.2, 0.25) is 5.91 Å². The first-order chi connectivity index (χ1) is 5.27. The smallest absolute Gasteiger partial charge is 0.217 e. The van der Waals surface area contributed by atoms with Crippen LogP contribution < -0.4 is 5.73 Å². The Labute approximate surface area is 67.0 Å². The first-order valence-electron chi connectivity index (χ1n) is 3.55. The standard InChI is InChI=1S/C6H6.C3H7NO/c1-2-4-6-5-3-1;1-2-3(4)5/h1-6H;2H2,1H3,(H2,4,5). The number of rotatable bonds is 1. The number of hydrogen-bond acceptors (Lipinski definition) is 1. The number of benzene rings is 1. The van der Waals surface area contributed by atoms with Crippen molar-refractivity contribution in [2.45, 2.75) is 13.3 Å². The predicted octanol–water partition coefficient (Wildman–Crippen LogP) is 1.57. The summed E-state index contributed by atoms with van der Waals surface area (Å²) in [6.45, 7) is 1.72. The number of carbonyl (C=O) groups is 1. The fourth-order valence-corrected chi connectivity index (χ4v) is 0.385. The van der Waals surface area contributed by atoms with Crippen LogP contribution in [0.2, 0.25) is 0 Å². The molecule has 1 aromatic carbocycles. The van der Waals surface area contributed by atoms with Crippen LogP contribution in [0, 0.1) is 0 Å². The van der Waals surface area contributed by atoms with Gasteiger partial charge in [0.05, 0.1) is 0 Å². The zero-order valence-electron chi connectivity index (χ0n) is 6.66. The van der Waals surface area contributed by atoms with Gasteiger partial charge in [0.25, 0.3) is 0 Å². The van der Waals surface area contributed by atoms with E-state index in [4.69, 9.17) is 0 Å². The van der Waals surface area contributed by atoms with E-state index in [-0.39, 0.29) is 5.91 Å². The van der Waals surface area contributed by atoms with Crippen molar-refractivity contribution < 1.29 is 4.79 Å². The quantitative estimate of drug-likeness (QED) is 0.650. The van der Waals surface area contributed by atoms with Gasteiger partial charge in [-0.15, -0.1) is 0 Å². The van der Waals surface area contributed by atoms with Crippen molar-refractivity contribution in [3.63, 3.8) is 0 Å². The molecule has 1 aromatic rings. The molecule has 2 N–H and O–H groups in total. The highest BCUT2D eigenvalue weighted by molar-refractivity contribution is 5.73. The molecule has 0 saturated heterocycles. The van der Waals surface area contributed by atoms with E-state index in [1.54, 1.807) is 6.92 Å². The van der Waals surface area contributed by atoms with Crippen molar-refractivity contribution >= 4 is 5.91 Å². The molecule has 0 bridgehead atoms. The second kappa shape index (κ2) is 6.81. The van der Waals surface area contributed by atoms with Crippen LogP contribution in [-0.4, -0.2) is 5.91 Å². The molecule has 0 aliphatic rings. The first kappa shape index (κ1) is 9.69. The zero-order chi connectivity index (χ0) is 8.53. The van der Waals surface area contributed by atoms with Crippen LogP contribution in [0.15, 0.2) is 36.4 Å². The Bertz CT molecular complexity index is 157. The zero-order valence-corrected chi connectivity index (χ0v) is 6.66. The highest BCUT2D eigenvalue weighted by Crippen LogP contribution is 1.79. The molecule has 0 fully saturated rings. The second-order valence-electron chi connectivity index (χ2n) is 1.97. The molecule has 0 aliphatic carbocycles. The van der Waals surface area contributed by atoms with E-state index in [0.717, 1.165) is 0 Å². The van der Waals surface area contributed by atoms with Gasteiger partial charge in [0, 0.05) is 6.42 Å². The maximum atomic E-state index is 9.59. The Morgan fingerprint density at radius 1 is 1.09 bits per heavy atom. The summed E-state index contributed by atoms with van der Waals surface area (Å²) in [6.07, 6.45) is 0.444. The third kappa shape index (κ3) is 8.69. The Morgan fingerprint density at radius 3 is 1.36 bits per heavy atom. The fraction of sp³-hybridized carbons (Fsp3) is 0.222. The fourth-order valence-electron chi connectivity index (χ4n) is 0.385. The molecular formula is C9H13NO. The van der Waals surface area contributed by atoms with Crippen molar-refractivity contribution in [3.05, 3.63) is 36.4 Å². The monoisotopic (exact) mass is 151 g/mol. The van der Waals surface area contributed by atoms with Crippen molar-refractivity contribution in [2.75, 3.05) is 0 Å². The molecule has 0 unspecified atom stereocenters. The van der Waals surface area contributed by atoms with Gasteiger partial charge in [0.15, 0.2) is 0 Å². The van der Waals surface area contributed by atoms with E-state index >= 15 is 0 Å². The van der Waals surface area contributed by atoms with Crippen LogP contribution in [0.5, 0.6) is 0 Å². The van der Waals surface area contributed by atoms with E-state index in [1.165, 1.54) is 0 Å². The van der Waals surface area contributed by atoms with Crippen molar-refractivity contribution in [2.24, 2.45) is 5.73 Å². The maximum Gasteiger partial charge on any atom is 0.217 e. The third-order valence-electron chi connectivity index (χ3n) is 1.02. The van der Waals surface area contributed by atoms with Gasteiger partial charge in [0.1, 0.15) is 0 Å². The minimum atomic E-state index is -0.245. The van der Waals surface area contributed by atoms with E-state index in [9.17, 15) is 4.79 Å². The third-order valence-corrected chi connectivity index (χ3v) is 1.02. The Kier molecular flexibility index (Phi) is 5.99. The van der Waals surface area contributed by atoms with Gasteiger partial charge in [-0.1, -0.05) is 43.3 Å². The van der Waals surface area contributed by atoms with Gasteiger partial charge >= 0.3 is 0 Å². The van der Waals surface area contributed by atoms with E-state index in [2.05, 4.69) is 5.73 Å². The lowest BCUT2D eigenvalue weighted by Gasteiger charge is -1.73. The molecule has 11 heavy (non-hydrogen) atoms. The van der Waals surface area contributed by atoms with E-state index in [1.807, 2.05) is 36.4 Å². The molecule has 1 amide bonds.